The van der Waals surface area contributed by atoms with Crippen molar-refractivity contribution in [1.29, 1.82) is 0 Å². The summed E-state index contributed by atoms with van der Waals surface area (Å²) in [7, 11) is 0. The molecule has 19 heavy (non-hydrogen) atoms. The summed E-state index contributed by atoms with van der Waals surface area (Å²) in [6.07, 6.45) is 6.23. The van der Waals surface area contributed by atoms with E-state index in [0.717, 1.165) is 24.7 Å². The van der Waals surface area contributed by atoms with Gasteiger partial charge in [0.1, 0.15) is 5.75 Å². The molecule has 1 aliphatic rings. The SMILES string of the molecule is CC1CCC(C(CCOc2ccccc2)NN)CC1. The zero-order valence-electron chi connectivity index (χ0n) is 11.8. The maximum Gasteiger partial charge on any atom is 0.119 e. The van der Waals surface area contributed by atoms with Gasteiger partial charge < -0.3 is 4.74 Å². The van der Waals surface area contributed by atoms with Crippen LogP contribution in [0.5, 0.6) is 5.75 Å². The van der Waals surface area contributed by atoms with Gasteiger partial charge in [0.2, 0.25) is 0 Å². The highest BCUT2D eigenvalue weighted by molar-refractivity contribution is 5.20. The number of hydrogen-bond donors (Lipinski definition) is 2. The molecule has 0 aliphatic heterocycles. The lowest BCUT2D eigenvalue weighted by molar-refractivity contribution is 0.197. The molecule has 1 aliphatic carbocycles. The number of nitrogens with one attached hydrogen (secondary N) is 1. The fraction of sp³-hybridized carbons (Fsp3) is 0.625. The van der Waals surface area contributed by atoms with Crippen LogP contribution in [0.1, 0.15) is 39.0 Å². The molecule has 1 fully saturated rings. The lowest BCUT2D eigenvalue weighted by atomic mass is 9.78. The number of nitrogens with two attached hydrogens (primary N) is 1. The van der Waals surface area contributed by atoms with E-state index in [0.29, 0.717) is 12.0 Å². The highest BCUT2D eigenvalue weighted by Crippen LogP contribution is 2.31. The monoisotopic (exact) mass is 262 g/mol. The molecule has 0 saturated heterocycles. The van der Waals surface area contributed by atoms with Gasteiger partial charge in [-0.25, -0.2) is 0 Å². The molecule has 0 amide bonds. The largest absolute Gasteiger partial charge is 0.494 e. The Kier molecular flexibility index (Phi) is 5.67. The minimum atomic E-state index is 0.385. The molecule has 2 rings (SSSR count). The first-order chi connectivity index (χ1) is 9.29. The predicted octanol–water partition coefficient (Wildman–Crippen LogP) is 3.11. The molecule has 0 aromatic heterocycles. The highest BCUT2D eigenvalue weighted by Gasteiger charge is 2.25. The standard InChI is InChI=1S/C16H26N2O/c1-13-7-9-14(10-8-13)16(18-17)11-12-19-15-5-3-2-4-6-15/h2-6,13-14,16,18H,7-12,17H2,1H3. The first kappa shape index (κ1) is 14.4. The van der Waals surface area contributed by atoms with E-state index in [-0.39, 0.29) is 0 Å². The van der Waals surface area contributed by atoms with Crippen molar-refractivity contribution in [3.63, 3.8) is 0 Å². The second-order valence-corrected chi connectivity index (χ2v) is 5.74. The molecular weight excluding hydrogens is 236 g/mol. The van der Waals surface area contributed by atoms with Crippen LogP contribution < -0.4 is 16.0 Å². The third-order valence-corrected chi connectivity index (χ3v) is 4.28. The second kappa shape index (κ2) is 7.51. The van der Waals surface area contributed by atoms with Gasteiger partial charge in [0.25, 0.3) is 0 Å². The van der Waals surface area contributed by atoms with Crippen molar-refractivity contribution in [3.05, 3.63) is 30.3 Å². The summed E-state index contributed by atoms with van der Waals surface area (Å²) < 4.78 is 5.75. The topological polar surface area (TPSA) is 47.3 Å². The fourth-order valence-electron chi connectivity index (χ4n) is 2.96. The Morgan fingerprint density at radius 1 is 1.21 bits per heavy atom. The predicted molar refractivity (Wildman–Crippen MR) is 78.8 cm³/mol. The summed E-state index contributed by atoms with van der Waals surface area (Å²) in [6.45, 7) is 3.07. The average Bonchev–Trinajstić information content (AvgIpc) is 2.46. The molecule has 106 valence electrons. The minimum absolute atomic E-state index is 0.385. The Labute approximate surface area is 116 Å². The van der Waals surface area contributed by atoms with Crippen LogP contribution in [0.2, 0.25) is 0 Å². The fourth-order valence-corrected chi connectivity index (χ4v) is 2.96. The van der Waals surface area contributed by atoms with Gasteiger partial charge >= 0.3 is 0 Å². The van der Waals surface area contributed by atoms with E-state index in [1.807, 2.05) is 30.3 Å². The van der Waals surface area contributed by atoms with Gasteiger partial charge in [-0.3, -0.25) is 11.3 Å². The normalized spacial score (nSPS) is 24.9. The van der Waals surface area contributed by atoms with Crippen LogP contribution >= 0.6 is 0 Å². The molecule has 3 N–H and O–H groups in total. The van der Waals surface area contributed by atoms with Crippen LogP contribution in [0.4, 0.5) is 0 Å². The van der Waals surface area contributed by atoms with Gasteiger partial charge in [-0.05, 0) is 43.2 Å². The van der Waals surface area contributed by atoms with E-state index >= 15 is 0 Å². The first-order valence-corrected chi connectivity index (χ1v) is 7.43. The second-order valence-electron chi connectivity index (χ2n) is 5.74. The molecule has 3 heteroatoms. The van der Waals surface area contributed by atoms with Crippen molar-refractivity contribution in [3.8, 4) is 5.75 Å². The Morgan fingerprint density at radius 3 is 2.53 bits per heavy atom. The Morgan fingerprint density at radius 2 is 1.89 bits per heavy atom. The summed E-state index contributed by atoms with van der Waals surface area (Å²) in [5.74, 6) is 8.25. The number of hydrogen-bond acceptors (Lipinski definition) is 3. The van der Waals surface area contributed by atoms with Crippen molar-refractivity contribution in [2.45, 2.75) is 45.1 Å². The van der Waals surface area contributed by atoms with Crippen molar-refractivity contribution in [2.24, 2.45) is 17.7 Å². The molecule has 0 heterocycles. The van der Waals surface area contributed by atoms with Crippen LogP contribution in [0.15, 0.2) is 30.3 Å². The van der Waals surface area contributed by atoms with E-state index in [1.165, 1.54) is 25.7 Å². The molecule has 1 atom stereocenters. The zero-order chi connectivity index (χ0) is 13.5. The highest BCUT2D eigenvalue weighted by atomic mass is 16.5. The lowest BCUT2D eigenvalue weighted by Gasteiger charge is -2.32. The van der Waals surface area contributed by atoms with Gasteiger partial charge in [0.15, 0.2) is 0 Å². The molecule has 3 nitrogen and oxygen atoms in total. The van der Waals surface area contributed by atoms with Gasteiger partial charge in [0, 0.05) is 6.04 Å². The number of ether oxygens (including phenoxy) is 1. The molecule has 0 radical (unpaired) electrons. The van der Waals surface area contributed by atoms with E-state index in [4.69, 9.17) is 10.6 Å². The summed E-state index contributed by atoms with van der Waals surface area (Å²) in [5, 5.41) is 0. The zero-order valence-corrected chi connectivity index (χ0v) is 11.8. The molecule has 1 unspecified atom stereocenters. The van der Waals surface area contributed by atoms with Crippen molar-refractivity contribution < 1.29 is 4.74 Å². The molecule has 0 spiro atoms. The van der Waals surface area contributed by atoms with Crippen LogP contribution in [0.25, 0.3) is 0 Å². The maximum atomic E-state index is 5.75. The number of rotatable bonds is 6. The summed E-state index contributed by atoms with van der Waals surface area (Å²) in [4.78, 5) is 0. The summed E-state index contributed by atoms with van der Waals surface area (Å²) >= 11 is 0. The van der Waals surface area contributed by atoms with E-state index < -0.39 is 0 Å². The van der Waals surface area contributed by atoms with Gasteiger partial charge in [0.05, 0.1) is 6.61 Å². The lowest BCUT2D eigenvalue weighted by Crippen LogP contribution is -2.43. The van der Waals surface area contributed by atoms with Crippen LogP contribution in [0, 0.1) is 11.8 Å². The quantitative estimate of drug-likeness (QED) is 0.611. The van der Waals surface area contributed by atoms with E-state index in [1.54, 1.807) is 0 Å². The third-order valence-electron chi connectivity index (χ3n) is 4.28. The van der Waals surface area contributed by atoms with Crippen LogP contribution in [0.3, 0.4) is 0 Å². The molecule has 1 aromatic carbocycles. The number of para-hydroxylation sites is 1. The smallest absolute Gasteiger partial charge is 0.119 e. The summed E-state index contributed by atoms with van der Waals surface area (Å²) in [5.41, 5.74) is 2.99. The Hall–Kier alpha value is -1.06. The van der Waals surface area contributed by atoms with Gasteiger partial charge in [-0.2, -0.15) is 0 Å². The minimum Gasteiger partial charge on any atom is -0.494 e. The number of benzene rings is 1. The summed E-state index contributed by atoms with van der Waals surface area (Å²) in [6, 6.07) is 10.4. The maximum absolute atomic E-state index is 5.75. The van der Waals surface area contributed by atoms with Crippen molar-refractivity contribution in [2.75, 3.05) is 6.61 Å². The van der Waals surface area contributed by atoms with E-state index in [2.05, 4.69) is 12.3 Å². The molecular formula is C16H26N2O. The molecule has 0 bridgehead atoms. The first-order valence-electron chi connectivity index (χ1n) is 7.43. The Balaban J connectivity index is 1.73. The third kappa shape index (κ3) is 4.51. The van der Waals surface area contributed by atoms with Gasteiger partial charge in [-0.1, -0.05) is 38.0 Å². The van der Waals surface area contributed by atoms with Gasteiger partial charge in [-0.15, -0.1) is 0 Å². The van der Waals surface area contributed by atoms with Crippen LogP contribution in [-0.4, -0.2) is 12.6 Å². The average molecular weight is 262 g/mol. The van der Waals surface area contributed by atoms with Crippen molar-refractivity contribution in [1.82, 2.24) is 5.43 Å². The Bertz CT molecular complexity index is 347. The molecule has 1 saturated carbocycles. The van der Waals surface area contributed by atoms with Crippen molar-refractivity contribution >= 4 is 0 Å². The number of hydrazine groups is 1. The molecule has 1 aromatic rings. The van der Waals surface area contributed by atoms with E-state index in [9.17, 15) is 0 Å². The van der Waals surface area contributed by atoms with Crippen LogP contribution in [-0.2, 0) is 0 Å².